The Morgan fingerprint density at radius 1 is 1.00 bits per heavy atom. The number of nitrogens with zero attached hydrogens (tertiary/aromatic N) is 4. The Morgan fingerprint density at radius 3 is 2.72 bits per heavy atom. The number of aromatic hydroxyl groups is 1. The Bertz CT molecular complexity index is 1330. The van der Waals surface area contributed by atoms with Crippen LogP contribution >= 0.6 is 0 Å². The van der Waals surface area contributed by atoms with Gasteiger partial charge in [0.05, 0.1) is 17.1 Å². The zero-order chi connectivity index (χ0) is 19.8. The third-order valence-corrected chi connectivity index (χ3v) is 5.01. The molecule has 0 aliphatic rings. The van der Waals surface area contributed by atoms with Crippen molar-refractivity contribution in [2.45, 2.75) is 6.42 Å². The Labute approximate surface area is 167 Å². The van der Waals surface area contributed by atoms with Crippen molar-refractivity contribution in [3.63, 3.8) is 0 Å². The topological polar surface area (TPSA) is 73.1 Å². The molecule has 5 rings (SSSR count). The van der Waals surface area contributed by atoms with Gasteiger partial charge in [-0.15, -0.1) is 0 Å². The highest BCUT2D eigenvalue weighted by atomic mass is 16.5. The molecule has 0 saturated carbocycles. The molecule has 142 valence electrons. The summed E-state index contributed by atoms with van der Waals surface area (Å²) in [5.74, 6) is 0.482. The van der Waals surface area contributed by atoms with Gasteiger partial charge in [0.1, 0.15) is 5.75 Å². The lowest BCUT2D eigenvalue weighted by Gasteiger charge is -2.07. The number of rotatable bonds is 4. The molecular formula is C23H18N4O2. The molecule has 6 heteroatoms. The van der Waals surface area contributed by atoms with Crippen LogP contribution in [0.5, 0.6) is 17.6 Å². The summed E-state index contributed by atoms with van der Waals surface area (Å²) in [6.45, 7) is 0. The van der Waals surface area contributed by atoms with E-state index in [0.29, 0.717) is 16.7 Å². The van der Waals surface area contributed by atoms with E-state index < -0.39 is 0 Å². The van der Waals surface area contributed by atoms with Crippen LogP contribution in [0.2, 0.25) is 0 Å². The number of aromatic nitrogens is 4. The number of pyridine rings is 1. The van der Waals surface area contributed by atoms with Crippen LogP contribution in [0.3, 0.4) is 0 Å². The Morgan fingerprint density at radius 2 is 1.86 bits per heavy atom. The van der Waals surface area contributed by atoms with Crippen LogP contribution in [-0.2, 0) is 13.5 Å². The van der Waals surface area contributed by atoms with Gasteiger partial charge in [0.2, 0.25) is 5.88 Å². The normalized spacial score (nSPS) is 11.2. The lowest BCUT2D eigenvalue weighted by Crippen LogP contribution is -1.97. The van der Waals surface area contributed by atoms with Crippen molar-refractivity contribution in [3.8, 4) is 17.6 Å². The van der Waals surface area contributed by atoms with E-state index >= 15 is 0 Å². The molecule has 0 unspecified atom stereocenters. The van der Waals surface area contributed by atoms with E-state index in [4.69, 9.17) is 4.74 Å². The molecule has 0 amide bonds. The first kappa shape index (κ1) is 17.2. The Balaban J connectivity index is 1.47. The zero-order valence-corrected chi connectivity index (χ0v) is 15.8. The highest BCUT2D eigenvalue weighted by Crippen LogP contribution is 2.29. The van der Waals surface area contributed by atoms with E-state index in [0.717, 1.165) is 17.3 Å². The van der Waals surface area contributed by atoms with Gasteiger partial charge in [-0.2, -0.15) is 9.97 Å². The van der Waals surface area contributed by atoms with E-state index in [2.05, 4.69) is 56.9 Å². The molecule has 0 atom stereocenters. The third-order valence-electron chi connectivity index (χ3n) is 5.01. The zero-order valence-electron chi connectivity index (χ0n) is 15.8. The van der Waals surface area contributed by atoms with E-state index in [1.165, 1.54) is 11.3 Å². The fourth-order valence-corrected chi connectivity index (χ4v) is 3.52. The van der Waals surface area contributed by atoms with Crippen molar-refractivity contribution in [2.24, 2.45) is 7.05 Å². The molecule has 0 bridgehead atoms. The Hall–Kier alpha value is -3.93. The van der Waals surface area contributed by atoms with Crippen molar-refractivity contribution in [1.29, 1.82) is 0 Å². The van der Waals surface area contributed by atoms with Gasteiger partial charge in [-0.25, -0.2) is 0 Å². The van der Waals surface area contributed by atoms with Crippen molar-refractivity contribution in [1.82, 2.24) is 19.5 Å². The Kier molecular flexibility index (Phi) is 4.09. The minimum atomic E-state index is -0.127. The predicted octanol–water partition coefficient (Wildman–Crippen LogP) is 4.61. The first-order valence-electron chi connectivity index (χ1n) is 9.28. The summed E-state index contributed by atoms with van der Waals surface area (Å²) in [6, 6.07) is 20.2. The first-order chi connectivity index (χ1) is 14.2. The molecule has 29 heavy (non-hydrogen) atoms. The minimum absolute atomic E-state index is 0.0859. The summed E-state index contributed by atoms with van der Waals surface area (Å²) in [4.78, 5) is 12.4. The number of fused-ring (bicyclic) bond motifs is 2. The highest BCUT2D eigenvalue weighted by Gasteiger charge is 2.11. The van der Waals surface area contributed by atoms with Gasteiger partial charge in [0.15, 0.2) is 0 Å². The van der Waals surface area contributed by atoms with Crippen molar-refractivity contribution < 1.29 is 9.84 Å². The fraction of sp³-hybridized carbons (Fsp3) is 0.0870. The summed E-state index contributed by atoms with van der Waals surface area (Å²) >= 11 is 0. The third kappa shape index (κ3) is 3.25. The van der Waals surface area contributed by atoms with Crippen LogP contribution in [0.25, 0.3) is 21.8 Å². The maximum atomic E-state index is 10.1. The monoisotopic (exact) mass is 382 g/mol. The van der Waals surface area contributed by atoms with Crippen molar-refractivity contribution in [3.05, 3.63) is 84.3 Å². The predicted molar refractivity (Wildman–Crippen MR) is 111 cm³/mol. The number of hydrogen-bond donors (Lipinski definition) is 1. The lowest BCUT2D eigenvalue weighted by molar-refractivity contribution is 0.412. The van der Waals surface area contributed by atoms with Gasteiger partial charge < -0.3 is 14.4 Å². The lowest BCUT2D eigenvalue weighted by atomic mass is 10.1. The van der Waals surface area contributed by atoms with Crippen LogP contribution in [0.15, 0.2) is 73.1 Å². The number of hydrogen-bond acceptors (Lipinski definition) is 5. The SMILES string of the molecule is Cn1c(Cc2ccccc2)cc2cc(Oc3nc(O)c4ccncc4n3)ccc21. The van der Waals surface area contributed by atoms with Crippen LogP contribution in [0.4, 0.5) is 0 Å². The average Bonchev–Trinajstić information content (AvgIpc) is 3.03. The molecule has 0 spiro atoms. The molecule has 0 aliphatic carbocycles. The second-order valence-corrected chi connectivity index (χ2v) is 6.90. The quantitative estimate of drug-likeness (QED) is 0.492. The number of ether oxygens (including phenoxy) is 1. The molecular weight excluding hydrogens is 364 g/mol. The maximum Gasteiger partial charge on any atom is 0.325 e. The fourth-order valence-electron chi connectivity index (χ4n) is 3.52. The molecule has 0 radical (unpaired) electrons. The van der Waals surface area contributed by atoms with E-state index in [-0.39, 0.29) is 11.9 Å². The summed E-state index contributed by atoms with van der Waals surface area (Å²) in [6.07, 6.45) is 4.01. The van der Waals surface area contributed by atoms with E-state index in [1.54, 1.807) is 18.5 Å². The molecule has 0 fully saturated rings. The van der Waals surface area contributed by atoms with Crippen LogP contribution in [0.1, 0.15) is 11.3 Å². The number of aryl methyl sites for hydroxylation is 1. The highest BCUT2D eigenvalue weighted by molar-refractivity contribution is 5.84. The second kappa shape index (κ2) is 6.91. The van der Waals surface area contributed by atoms with Gasteiger partial charge in [-0.05, 0) is 35.9 Å². The smallest absolute Gasteiger partial charge is 0.325 e. The van der Waals surface area contributed by atoms with Crippen LogP contribution in [-0.4, -0.2) is 24.6 Å². The van der Waals surface area contributed by atoms with Crippen molar-refractivity contribution >= 4 is 21.8 Å². The standard InChI is InChI=1S/C23H18N4O2/c1-27-17(11-15-5-3-2-4-6-15)12-16-13-18(7-8-21(16)27)29-23-25-20-14-24-10-9-19(20)22(28)26-23/h2-10,12-14H,11H2,1H3,(H,25,26,28). The summed E-state index contributed by atoms with van der Waals surface area (Å²) < 4.78 is 8.01. The second-order valence-electron chi connectivity index (χ2n) is 6.90. The molecule has 1 N–H and O–H groups in total. The van der Waals surface area contributed by atoms with Crippen LogP contribution in [0, 0.1) is 0 Å². The largest absolute Gasteiger partial charge is 0.493 e. The van der Waals surface area contributed by atoms with Gasteiger partial charge in [0, 0.05) is 36.3 Å². The van der Waals surface area contributed by atoms with Crippen molar-refractivity contribution in [2.75, 3.05) is 0 Å². The van der Waals surface area contributed by atoms with E-state index in [9.17, 15) is 5.11 Å². The molecule has 6 nitrogen and oxygen atoms in total. The molecule has 2 aromatic carbocycles. The van der Waals surface area contributed by atoms with Crippen LogP contribution < -0.4 is 4.74 Å². The van der Waals surface area contributed by atoms with Gasteiger partial charge in [-0.1, -0.05) is 30.3 Å². The molecule has 5 aromatic rings. The van der Waals surface area contributed by atoms with Gasteiger partial charge in [-0.3, -0.25) is 4.98 Å². The molecule has 3 aromatic heterocycles. The molecule has 3 heterocycles. The molecule has 0 aliphatic heterocycles. The summed E-state index contributed by atoms with van der Waals surface area (Å²) in [7, 11) is 2.07. The van der Waals surface area contributed by atoms with Gasteiger partial charge in [0.25, 0.3) is 0 Å². The first-order valence-corrected chi connectivity index (χ1v) is 9.28. The van der Waals surface area contributed by atoms with Gasteiger partial charge >= 0.3 is 6.01 Å². The molecule has 0 saturated heterocycles. The maximum absolute atomic E-state index is 10.1. The average molecular weight is 382 g/mol. The minimum Gasteiger partial charge on any atom is -0.493 e. The summed E-state index contributed by atoms with van der Waals surface area (Å²) in [5, 5.41) is 11.7. The summed E-state index contributed by atoms with van der Waals surface area (Å²) in [5.41, 5.74) is 4.13. The van der Waals surface area contributed by atoms with E-state index in [1.807, 2.05) is 24.3 Å². The number of benzene rings is 2.